The summed E-state index contributed by atoms with van der Waals surface area (Å²) in [7, 11) is 0. The Hall–Kier alpha value is -2.57. The van der Waals surface area contributed by atoms with Gasteiger partial charge in [-0.3, -0.25) is 0 Å². The summed E-state index contributed by atoms with van der Waals surface area (Å²) in [4.78, 5) is 22.3. The third kappa shape index (κ3) is 1.48. The molecule has 0 saturated heterocycles. The summed E-state index contributed by atoms with van der Waals surface area (Å²) in [6, 6.07) is 8.11. The molecule has 7 nitrogen and oxygen atoms in total. The Bertz CT molecular complexity index is 522. The Morgan fingerprint density at radius 2 is 1.65 bits per heavy atom. The summed E-state index contributed by atoms with van der Waals surface area (Å²) < 4.78 is 0. The number of nitrogens with zero attached hydrogens (tertiary/aromatic N) is 3. The van der Waals surface area contributed by atoms with Crippen molar-refractivity contribution in [2.24, 2.45) is 15.4 Å². The fraction of sp³-hybridized carbons (Fsp3) is 0.100. The van der Waals surface area contributed by atoms with Gasteiger partial charge in [0.2, 0.25) is 0 Å². The van der Waals surface area contributed by atoms with Crippen molar-refractivity contribution in [2.75, 3.05) is 0 Å². The molecule has 0 unspecified atom stereocenters. The van der Waals surface area contributed by atoms with E-state index in [-0.39, 0.29) is 5.71 Å². The van der Waals surface area contributed by atoms with Gasteiger partial charge in [-0.1, -0.05) is 30.3 Å². The highest BCUT2D eigenvalue weighted by Gasteiger charge is 2.55. The van der Waals surface area contributed by atoms with Crippen LogP contribution in [0.4, 0.5) is 0 Å². The van der Waals surface area contributed by atoms with E-state index in [2.05, 4.69) is 15.4 Å². The van der Waals surface area contributed by atoms with Crippen LogP contribution in [-0.2, 0) is 9.59 Å². The Kier molecular flexibility index (Phi) is 2.43. The second-order valence-corrected chi connectivity index (χ2v) is 3.32. The van der Waals surface area contributed by atoms with Gasteiger partial charge in [-0.15, -0.1) is 10.2 Å². The quantitative estimate of drug-likeness (QED) is 0.750. The topological polar surface area (TPSA) is 112 Å². The number of carboxylic acids is 2. The van der Waals surface area contributed by atoms with E-state index in [0.717, 1.165) is 0 Å². The number of rotatable bonds is 3. The fourth-order valence-electron chi connectivity index (χ4n) is 1.50. The first-order valence-electron chi connectivity index (χ1n) is 4.61. The molecule has 0 spiro atoms. The molecule has 0 fully saturated rings. The van der Waals surface area contributed by atoms with E-state index in [1.807, 2.05) is 0 Å². The minimum absolute atomic E-state index is 0.196. The van der Waals surface area contributed by atoms with Gasteiger partial charge in [0.15, 0.2) is 0 Å². The van der Waals surface area contributed by atoms with Gasteiger partial charge in [0.05, 0.1) is 0 Å². The van der Waals surface area contributed by atoms with Crippen molar-refractivity contribution in [3.05, 3.63) is 35.9 Å². The predicted octanol–water partition coefficient (Wildman–Crippen LogP) is 0.764. The Balaban J connectivity index is 2.57. The summed E-state index contributed by atoms with van der Waals surface area (Å²) >= 11 is 0. The van der Waals surface area contributed by atoms with Crippen molar-refractivity contribution in [3.63, 3.8) is 0 Å². The second kappa shape index (κ2) is 3.78. The van der Waals surface area contributed by atoms with Crippen LogP contribution in [0.15, 0.2) is 45.8 Å². The molecule has 1 aromatic rings. The van der Waals surface area contributed by atoms with Crippen molar-refractivity contribution < 1.29 is 19.8 Å². The molecule has 86 valence electrons. The Labute approximate surface area is 95.1 Å². The Morgan fingerprint density at radius 3 is 2.18 bits per heavy atom. The normalized spacial score (nSPS) is 16.6. The van der Waals surface area contributed by atoms with Crippen LogP contribution in [0, 0.1) is 0 Å². The number of carboxylic acid groups (broad SMARTS) is 2. The molecule has 1 aliphatic rings. The molecule has 0 aliphatic carbocycles. The third-order valence-electron chi connectivity index (χ3n) is 2.35. The van der Waals surface area contributed by atoms with Gasteiger partial charge in [-0.25, -0.2) is 9.59 Å². The van der Waals surface area contributed by atoms with Gasteiger partial charge in [-0.2, -0.15) is 0 Å². The van der Waals surface area contributed by atoms with Gasteiger partial charge in [-0.05, 0) is 5.22 Å². The lowest BCUT2D eigenvalue weighted by molar-refractivity contribution is -0.152. The van der Waals surface area contributed by atoms with Crippen LogP contribution in [-0.4, -0.2) is 33.4 Å². The zero-order chi connectivity index (χ0) is 12.5. The largest absolute Gasteiger partial charge is 0.479 e. The van der Waals surface area contributed by atoms with Crippen molar-refractivity contribution in [3.8, 4) is 0 Å². The van der Waals surface area contributed by atoms with Crippen LogP contribution in [0.25, 0.3) is 0 Å². The van der Waals surface area contributed by atoms with Crippen LogP contribution in [0.2, 0.25) is 0 Å². The van der Waals surface area contributed by atoms with E-state index in [1.165, 1.54) is 0 Å². The second-order valence-electron chi connectivity index (χ2n) is 3.32. The minimum Gasteiger partial charge on any atom is -0.479 e. The molecule has 2 N–H and O–H groups in total. The first kappa shape index (κ1) is 10.9. The van der Waals surface area contributed by atoms with Gasteiger partial charge < -0.3 is 10.2 Å². The maximum Gasteiger partial charge on any atom is 0.351 e. The van der Waals surface area contributed by atoms with Crippen LogP contribution in [0.3, 0.4) is 0 Å². The number of carbonyl (C=O) groups is 2. The van der Waals surface area contributed by atoms with Crippen LogP contribution in [0.5, 0.6) is 0 Å². The SMILES string of the molecule is O=C(O)C1(C(=O)O)N=NN=C1c1ccccc1. The van der Waals surface area contributed by atoms with E-state index in [0.29, 0.717) is 5.56 Å². The lowest BCUT2D eigenvalue weighted by atomic mass is 9.89. The summed E-state index contributed by atoms with van der Waals surface area (Å²) in [5.74, 6) is -3.23. The van der Waals surface area contributed by atoms with Crippen molar-refractivity contribution >= 4 is 17.7 Å². The monoisotopic (exact) mass is 233 g/mol. The highest BCUT2D eigenvalue weighted by atomic mass is 16.4. The highest BCUT2D eigenvalue weighted by Crippen LogP contribution is 2.25. The fourth-order valence-corrected chi connectivity index (χ4v) is 1.50. The number of hydrogen-bond donors (Lipinski definition) is 2. The molecule has 1 heterocycles. The van der Waals surface area contributed by atoms with Crippen molar-refractivity contribution in [1.82, 2.24) is 0 Å². The van der Waals surface area contributed by atoms with E-state index in [4.69, 9.17) is 10.2 Å². The highest BCUT2D eigenvalue weighted by molar-refractivity contribution is 6.32. The lowest BCUT2D eigenvalue weighted by Gasteiger charge is -2.16. The number of benzene rings is 1. The van der Waals surface area contributed by atoms with E-state index in [1.54, 1.807) is 30.3 Å². The molecule has 2 rings (SSSR count). The average Bonchev–Trinajstić information content (AvgIpc) is 2.75. The standard InChI is InChI=1S/C10H7N3O4/c14-8(15)10(9(16)17)7(11-13-12-10)6-4-2-1-3-5-6/h1-5H,(H,14,15)(H,16,17). The van der Waals surface area contributed by atoms with Crippen LogP contribution in [0.1, 0.15) is 5.56 Å². The van der Waals surface area contributed by atoms with Crippen LogP contribution >= 0.6 is 0 Å². The molecule has 1 aromatic carbocycles. The molecule has 1 aliphatic heterocycles. The number of aliphatic carboxylic acids is 2. The smallest absolute Gasteiger partial charge is 0.351 e. The van der Waals surface area contributed by atoms with Crippen molar-refractivity contribution in [2.45, 2.75) is 5.54 Å². The summed E-state index contributed by atoms with van der Waals surface area (Å²) in [5.41, 5.74) is -2.28. The maximum atomic E-state index is 11.1. The lowest BCUT2D eigenvalue weighted by Crippen LogP contribution is -2.50. The average molecular weight is 233 g/mol. The molecule has 7 heteroatoms. The first-order valence-corrected chi connectivity index (χ1v) is 4.61. The van der Waals surface area contributed by atoms with Gasteiger partial charge in [0.1, 0.15) is 5.71 Å². The zero-order valence-electron chi connectivity index (χ0n) is 8.44. The predicted molar refractivity (Wildman–Crippen MR) is 55.8 cm³/mol. The minimum atomic E-state index is -2.44. The molecule has 0 amide bonds. The summed E-state index contributed by atoms with van der Waals surface area (Å²) in [6.45, 7) is 0. The molecule has 0 radical (unpaired) electrons. The molecular weight excluding hydrogens is 226 g/mol. The Morgan fingerprint density at radius 1 is 1.06 bits per heavy atom. The first-order chi connectivity index (χ1) is 8.09. The molecule has 0 saturated carbocycles. The van der Waals surface area contributed by atoms with Gasteiger partial charge in [0.25, 0.3) is 0 Å². The summed E-state index contributed by atoms with van der Waals surface area (Å²) in [5, 5.41) is 28.1. The number of hydrogen-bond acceptors (Lipinski definition) is 5. The third-order valence-corrected chi connectivity index (χ3v) is 2.35. The molecular formula is C10H7N3O4. The van der Waals surface area contributed by atoms with E-state index in [9.17, 15) is 9.59 Å². The van der Waals surface area contributed by atoms with E-state index < -0.39 is 17.5 Å². The summed E-state index contributed by atoms with van der Waals surface area (Å²) in [6.07, 6.45) is 0. The molecule has 0 atom stereocenters. The molecule has 0 bridgehead atoms. The van der Waals surface area contributed by atoms with Gasteiger partial charge >= 0.3 is 17.5 Å². The van der Waals surface area contributed by atoms with Gasteiger partial charge in [0, 0.05) is 5.56 Å². The van der Waals surface area contributed by atoms with Crippen LogP contribution < -0.4 is 0 Å². The molecule has 0 aromatic heterocycles. The molecule has 17 heavy (non-hydrogen) atoms. The van der Waals surface area contributed by atoms with E-state index >= 15 is 0 Å². The maximum absolute atomic E-state index is 11.1. The zero-order valence-corrected chi connectivity index (χ0v) is 8.44. The van der Waals surface area contributed by atoms with Crippen molar-refractivity contribution in [1.29, 1.82) is 0 Å².